The third-order valence-corrected chi connectivity index (χ3v) is 3.01. The predicted octanol–water partition coefficient (Wildman–Crippen LogP) is 2.37. The summed E-state index contributed by atoms with van der Waals surface area (Å²) in [5.41, 5.74) is 2.99. The summed E-state index contributed by atoms with van der Waals surface area (Å²) in [6, 6.07) is 10.7. The summed E-state index contributed by atoms with van der Waals surface area (Å²) < 4.78 is 28.4. The average molecular weight is 332 g/mol. The smallest absolute Gasteiger partial charge is 0.277 e. The molecule has 0 saturated carbocycles. The number of nitrogens with zero attached hydrogens (tertiary/aromatic N) is 1. The summed E-state index contributed by atoms with van der Waals surface area (Å²) >= 11 is 0. The molecule has 0 aliphatic rings. The molecule has 0 fully saturated rings. The fourth-order valence-electron chi connectivity index (χ4n) is 1.90. The van der Waals surface area contributed by atoms with E-state index < -0.39 is 5.91 Å². The van der Waals surface area contributed by atoms with Gasteiger partial charge >= 0.3 is 0 Å². The van der Waals surface area contributed by atoms with Crippen LogP contribution in [0.15, 0.2) is 47.6 Å². The normalized spacial score (nSPS) is 10.5. The van der Waals surface area contributed by atoms with Gasteiger partial charge in [-0.2, -0.15) is 5.10 Å². The first kappa shape index (κ1) is 17.3. The van der Waals surface area contributed by atoms with Gasteiger partial charge in [0.1, 0.15) is 11.6 Å². The summed E-state index contributed by atoms with van der Waals surface area (Å²) in [7, 11) is 3.05. The molecule has 2 aromatic rings. The fourth-order valence-corrected chi connectivity index (χ4v) is 1.90. The molecule has 0 aromatic heterocycles. The Morgan fingerprint density at radius 3 is 2.58 bits per heavy atom. The van der Waals surface area contributed by atoms with Crippen LogP contribution in [0.3, 0.4) is 0 Å². The number of halogens is 1. The number of hydrazone groups is 1. The molecule has 0 radical (unpaired) electrons. The van der Waals surface area contributed by atoms with Crippen LogP contribution in [0.1, 0.15) is 5.56 Å². The molecule has 0 atom stereocenters. The molecule has 0 aliphatic carbocycles. The topological polar surface area (TPSA) is 69.2 Å². The number of rotatable bonds is 7. The second-order valence-corrected chi connectivity index (χ2v) is 4.62. The number of methoxy groups -OCH3 is 2. The SMILES string of the molecule is COc1cccc(/C=N\NC(=O)COc2ccc(F)cc2)c1OC. The monoisotopic (exact) mass is 332 g/mol. The van der Waals surface area contributed by atoms with Crippen LogP contribution in [0.2, 0.25) is 0 Å². The van der Waals surface area contributed by atoms with E-state index in [1.54, 1.807) is 18.2 Å². The van der Waals surface area contributed by atoms with E-state index in [9.17, 15) is 9.18 Å². The van der Waals surface area contributed by atoms with E-state index in [1.807, 2.05) is 0 Å². The van der Waals surface area contributed by atoms with Gasteiger partial charge in [-0.05, 0) is 36.4 Å². The number of para-hydroxylation sites is 1. The number of ether oxygens (including phenoxy) is 3. The Morgan fingerprint density at radius 1 is 1.17 bits per heavy atom. The Labute approximate surface area is 138 Å². The molecule has 24 heavy (non-hydrogen) atoms. The van der Waals surface area contributed by atoms with Crippen molar-refractivity contribution in [2.24, 2.45) is 5.10 Å². The van der Waals surface area contributed by atoms with Gasteiger partial charge in [-0.1, -0.05) is 6.07 Å². The number of amides is 1. The quantitative estimate of drug-likeness (QED) is 0.624. The van der Waals surface area contributed by atoms with E-state index in [-0.39, 0.29) is 12.4 Å². The lowest BCUT2D eigenvalue weighted by atomic mass is 10.2. The highest BCUT2D eigenvalue weighted by Crippen LogP contribution is 2.29. The zero-order valence-corrected chi connectivity index (χ0v) is 13.3. The van der Waals surface area contributed by atoms with E-state index in [0.29, 0.717) is 22.8 Å². The van der Waals surface area contributed by atoms with Crippen LogP contribution >= 0.6 is 0 Å². The number of hydrogen-bond donors (Lipinski definition) is 1. The van der Waals surface area contributed by atoms with Crippen molar-refractivity contribution in [1.29, 1.82) is 0 Å². The van der Waals surface area contributed by atoms with Gasteiger partial charge in [0.25, 0.3) is 5.91 Å². The standard InChI is InChI=1S/C17H17FN2O4/c1-22-15-5-3-4-12(17(15)23-2)10-19-20-16(21)11-24-14-8-6-13(18)7-9-14/h3-10H,11H2,1-2H3,(H,20,21)/b19-10-. The van der Waals surface area contributed by atoms with Crippen LogP contribution in [-0.2, 0) is 4.79 Å². The molecule has 6 nitrogen and oxygen atoms in total. The summed E-state index contributed by atoms with van der Waals surface area (Å²) in [5.74, 6) is 0.652. The van der Waals surface area contributed by atoms with Crippen LogP contribution < -0.4 is 19.6 Å². The van der Waals surface area contributed by atoms with Crippen molar-refractivity contribution < 1.29 is 23.4 Å². The lowest BCUT2D eigenvalue weighted by Gasteiger charge is -2.09. The Bertz CT molecular complexity index is 717. The molecule has 0 aliphatic heterocycles. The molecular weight excluding hydrogens is 315 g/mol. The molecular formula is C17H17FN2O4. The maximum atomic E-state index is 12.8. The minimum Gasteiger partial charge on any atom is -0.493 e. The van der Waals surface area contributed by atoms with Gasteiger partial charge in [0.15, 0.2) is 18.1 Å². The number of nitrogens with one attached hydrogen (secondary N) is 1. The molecule has 1 N–H and O–H groups in total. The maximum Gasteiger partial charge on any atom is 0.277 e. The number of carbonyl (C=O) groups excluding carboxylic acids is 1. The van der Waals surface area contributed by atoms with Gasteiger partial charge < -0.3 is 14.2 Å². The van der Waals surface area contributed by atoms with Crippen molar-refractivity contribution in [3.8, 4) is 17.2 Å². The van der Waals surface area contributed by atoms with Crippen LogP contribution in [-0.4, -0.2) is 32.9 Å². The summed E-state index contributed by atoms with van der Waals surface area (Å²) in [5, 5.41) is 3.85. The molecule has 0 saturated heterocycles. The second-order valence-electron chi connectivity index (χ2n) is 4.62. The zero-order valence-electron chi connectivity index (χ0n) is 13.3. The Morgan fingerprint density at radius 2 is 1.92 bits per heavy atom. The minimum atomic E-state index is -0.447. The van der Waals surface area contributed by atoms with Gasteiger partial charge in [-0.3, -0.25) is 4.79 Å². The van der Waals surface area contributed by atoms with Gasteiger partial charge in [0, 0.05) is 5.56 Å². The van der Waals surface area contributed by atoms with Crippen molar-refractivity contribution >= 4 is 12.1 Å². The number of carbonyl (C=O) groups is 1. The van der Waals surface area contributed by atoms with Crippen molar-refractivity contribution in [3.63, 3.8) is 0 Å². The minimum absolute atomic E-state index is 0.238. The molecule has 7 heteroatoms. The molecule has 0 heterocycles. The van der Waals surface area contributed by atoms with E-state index in [2.05, 4.69) is 10.5 Å². The van der Waals surface area contributed by atoms with Crippen LogP contribution in [0.4, 0.5) is 4.39 Å². The lowest BCUT2D eigenvalue weighted by Crippen LogP contribution is -2.24. The zero-order chi connectivity index (χ0) is 17.4. The van der Waals surface area contributed by atoms with Gasteiger partial charge in [-0.15, -0.1) is 0 Å². The fraction of sp³-hybridized carbons (Fsp3) is 0.176. The maximum absolute atomic E-state index is 12.8. The van der Waals surface area contributed by atoms with Crippen LogP contribution in [0, 0.1) is 5.82 Å². The summed E-state index contributed by atoms with van der Waals surface area (Å²) in [4.78, 5) is 11.7. The highest BCUT2D eigenvalue weighted by molar-refractivity contribution is 5.86. The molecule has 0 spiro atoms. The van der Waals surface area contributed by atoms with Crippen LogP contribution in [0.5, 0.6) is 17.2 Å². The largest absolute Gasteiger partial charge is 0.493 e. The van der Waals surface area contributed by atoms with Crippen molar-refractivity contribution in [2.75, 3.05) is 20.8 Å². The Kier molecular flexibility index (Phi) is 6.13. The molecule has 2 rings (SSSR count). The summed E-state index contributed by atoms with van der Waals surface area (Å²) in [6.45, 7) is -0.238. The molecule has 0 unspecified atom stereocenters. The molecule has 2 aromatic carbocycles. The second kappa shape index (κ2) is 8.52. The third kappa shape index (κ3) is 4.70. The van der Waals surface area contributed by atoms with E-state index in [0.717, 1.165) is 0 Å². The van der Waals surface area contributed by atoms with Crippen molar-refractivity contribution in [2.45, 2.75) is 0 Å². The Hall–Kier alpha value is -3.09. The van der Waals surface area contributed by atoms with Gasteiger partial charge in [-0.25, -0.2) is 9.82 Å². The van der Waals surface area contributed by atoms with E-state index >= 15 is 0 Å². The lowest BCUT2D eigenvalue weighted by molar-refractivity contribution is -0.123. The van der Waals surface area contributed by atoms with Crippen LogP contribution in [0.25, 0.3) is 0 Å². The highest BCUT2D eigenvalue weighted by atomic mass is 19.1. The first-order valence-electron chi connectivity index (χ1n) is 7.05. The molecule has 0 bridgehead atoms. The molecule has 126 valence electrons. The first-order valence-corrected chi connectivity index (χ1v) is 7.05. The van der Waals surface area contributed by atoms with E-state index in [4.69, 9.17) is 14.2 Å². The van der Waals surface area contributed by atoms with Gasteiger partial charge in [0.05, 0.1) is 20.4 Å². The molecule has 1 amide bonds. The number of benzene rings is 2. The van der Waals surface area contributed by atoms with Crippen molar-refractivity contribution in [3.05, 3.63) is 53.8 Å². The third-order valence-electron chi connectivity index (χ3n) is 3.01. The van der Waals surface area contributed by atoms with Gasteiger partial charge in [0.2, 0.25) is 0 Å². The first-order chi connectivity index (χ1) is 11.6. The number of hydrogen-bond acceptors (Lipinski definition) is 5. The predicted molar refractivity (Wildman–Crippen MR) is 87.2 cm³/mol. The summed E-state index contributed by atoms with van der Waals surface area (Å²) in [6.07, 6.45) is 1.44. The average Bonchev–Trinajstić information content (AvgIpc) is 2.61. The van der Waals surface area contributed by atoms with E-state index in [1.165, 1.54) is 44.7 Å². The highest BCUT2D eigenvalue weighted by Gasteiger charge is 2.07. The van der Waals surface area contributed by atoms with Crippen molar-refractivity contribution in [1.82, 2.24) is 5.43 Å². The Balaban J connectivity index is 1.89.